The number of anilines is 1. The lowest BCUT2D eigenvalue weighted by Gasteiger charge is -2.10. The summed E-state index contributed by atoms with van der Waals surface area (Å²) in [6, 6.07) is 18.5. The molecule has 2 aromatic carbocycles. The molecule has 0 aliphatic heterocycles. The number of benzene rings is 2. The Kier molecular flexibility index (Phi) is 7.20. The number of amides is 1. The van der Waals surface area contributed by atoms with Crippen LogP contribution in [0.2, 0.25) is 5.02 Å². The van der Waals surface area contributed by atoms with Gasteiger partial charge in [-0.2, -0.15) is 0 Å². The number of hydrogen-bond acceptors (Lipinski definition) is 3. The molecule has 1 amide bonds. The molecule has 1 aromatic heterocycles. The minimum absolute atomic E-state index is 0.174. The van der Waals surface area contributed by atoms with E-state index in [2.05, 4.69) is 15.6 Å². The average molecular weight is 404 g/mol. The van der Waals surface area contributed by atoms with Crippen molar-refractivity contribution in [1.82, 2.24) is 10.3 Å². The van der Waals surface area contributed by atoms with Crippen molar-refractivity contribution in [3.63, 3.8) is 0 Å². The maximum Gasteiger partial charge on any atom is 0.255 e. The van der Waals surface area contributed by atoms with Crippen LogP contribution >= 0.6 is 11.6 Å². The molecule has 0 atom stereocenters. The van der Waals surface area contributed by atoms with Crippen LogP contribution in [0, 0.1) is 0 Å². The Bertz CT molecular complexity index is 1010. The molecule has 3 aromatic rings. The molecular formula is C24H22ClN3O. The summed E-state index contributed by atoms with van der Waals surface area (Å²) in [6.45, 7) is 2.66. The summed E-state index contributed by atoms with van der Waals surface area (Å²) < 4.78 is 0. The van der Waals surface area contributed by atoms with Crippen LogP contribution < -0.4 is 10.6 Å². The molecule has 3 rings (SSSR count). The van der Waals surface area contributed by atoms with Crippen LogP contribution in [0.1, 0.15) is 22.8 Å². The van der Waals surface area contributed by atoms with Gasteiger partial charge >= 0.3 is 0 Å². The number of pyridine rings is 1. The summed E-state index contributed by atoms with van der Waals surface area (Å²) in [7, 11) is 0. The third-order valence-electron chi connectivity index (χ3n) is 4.21. The second kappa shape index (κ2) is 10.2. The normalized spacial score (nSPS) is 11.1. The highest BCUT2D eigenvalue weighted by Crippen LogP contribution is 2.29. The van der Waals surface area contributed by atoms with Gasteiger partial charge in [0.1, 0.15) is 0 Å². The SMILES string of the molecule is C/C=C/C=C\NCc1ccc(C(=O)Nc2ccc(Cl)c(-c3ccccn3)c2)cc1. The minimum Gasteiger partial charge on any atom is -0.387 e. The number of halogens is 1. The van der Waals surface area contributed by atoms with Crippen molar-refractivity contribution in [3.05, 3.63) is 107 Å². The molecule has 0 fully saturated rings. The zero-order valence-corrected chi connectivity index (χ0v) is 16.9. The van der Waals surface area contributed by atoms with E-state index < -0.39 is 0 Å². The van der Waals surface area contributed by atoms with Crippen LogP contribution in [0.3, 0.4) is 0 Å². The van der Waals surface area contributed by atoms with Crippen LogP contribution in [-0.2, 0) is 6.54 Å². The average Bonchev–Trinajstić information content (AvgIpc) is 2.76. The molecule has 0 aliphatic rings. The molecule has 0 unspecified atom stereocenters. The highest BCUT2D eigenvalue weighted by atomic mass is 35.5. The molecule has 0 spiro atoms. The number of allylic oxidation sites excluding steroid dienone is 3. The Morgan fingerprint density at radius 2 is 1.90 bits per heavy atom. The molecule has 0 radical (unpaired) electrons. The quantitative estimate of drug-likeness (QED) is 0.487. The van der Waals surface area contributed by atoms with E-state index in [0.717, 1.165) is 16.8 Å². The first-order valence-electron chi connectivity index (χ1n) is 9.30. The van der Waals surface area contributed by atoms with Gasteiger partial charge in [-0.1, -0.05) is 42.0 Å². The summed E-state index contributed by atoms with van der Waals surface area (Å²) in [5.74, 6) is -0.174. The Morgan fingerprint density at radius 3 is 2.62 bits per heavy atom. The molecule has 5 heteroatoms. The van der Waals surface area contributed by atoms with Gasteiger partial charge in [-0.3, -0.25) is 9.78 Å². The molecule has 0 saturated heterocycles. The maximum absolute atomic E-state index is 12.6. The number of rotatable bonds is 7. The summed E-state index contributed by atoms with van der Waals surface area (Å²) in [4.78, 5) is 16.9. The fraction of sp³-hybridized carbons (Fsp3) is 0.0833. The number of nitrogens with one attached hydrogen (secondary N) is 2. The van der Waals surface area contributed by atoms with Gasteiger partial charge in [0, 0.05) is 29.6 Å². The molecule has 0 aliphatic carbocycles. The molecule has 29 heavy (non-hydrogen) atoms. The molecule has 4 nitrogen and oxygen atoms in total. The van der Waals surface area contributed by atoms with E-state index in [-0.39, 0.29) is 5.91 Å². The molecule has 0 saturated carbocycles. The van der Waals surface area contributed by atoms with E-state index in [1.807, 2.05) is 79.9 Å². The second-order valence-corrected chi connectivity index (χ2v) is 6.73. The standard InChI is InChI=1S/C24H22ClN3O/c1-2-3-5-14-26-17-18-8-10-19(11-9-18)24(29)28-20-12-13-22(25)21(16-20)23-7-4-6-15-27-23/h2-16,26H,17H2,1H3,(H,28,29)/b3-2+,14-5-. The largest absolute Gasteiger partial charge is 0.387 e. The Morgan fingerprint density at radius 1 is 1.07 bits per heavy atom. The van der Waals surface area contributed by atoms with Crippen LogP contribution in [0.4, 0.5) is 5.69 Å². The van der Waals surface area contributed by atoms with Crippen molar-refractivity contribution >= 4 is 23.2 Å². The number of carbonyl (C=O) groups is 1. The molecular weight excluding hydrogens is 382 g/mol. The van der Waals surface area contributed by atoms with Crippen molar-refractivity contribution in [2.75, 3.05) is 5.32 Å². The topological polar surface area (TPSA) is 54.0 Å². The van der Waals surface area contributed by atoms with Crippen LogP contribution in [0.15, 0.2) is 91.3 Å². The highest BCUT2D eigenvalue weighted by molar-refractivity contribution is 6.33. The number of aromatic nitrogens is 1. The van der Waals surface area contributed by atoms with E-state index in [4.69, 9.17) is 11.6 Å². The van der Waals surface area contributed by atoms with E-state index in [0.29, 0.717) is 22.8 Å². The van der Waals surface area contributed by atoms with Gasteiger partial charge < -0.3 is 10.6 Å². The van der Waals surface area contributed by atoms with Gasteiger partial charge in [-0.25, -0.2) is 0 Å². The van der Waals surface area contributed by atoms with Gasteiger partial charge in [-0.05, 0) is 67.2 Å². The van der Waals surface area contributed by atoms with Gasteiger partial charge in [0.15, 0.2) is 0 Å². The summed E-state index contributed by atoms with van der Waals surface area (Å²) in [5.41, 5.74) is 3.88. The first-order chi connectivity index (χ1) is 14.2. The van der Waals surface area contributed by atoms with E-state index in [1.54, 1.807) is 18.3 Å². The third-order valence-corrected chi connectivity index (χ3v) is 4.53. The maximum atomic E-state index is 12.6. The second-order valence-electron chi connectivity index (χ2n) is 6.33. The fourth-order valence-electron chi connectivity index (χ4n) is 2.71. The summed E-state index contributed by atoms with van der Waals surface area (Å²) >= 11 is 6.30. The Hall–Kier alpha value is -3.37. The minimum atomic E-state index is -0.174. The van der Waals surface area contributed by atoms with Crippen molar-refractivity contribution in [1.29, 1.82) is 0 Å². The number of hydrogen-bond donors (Lipinski definition) is 2. The predicted molar refractivity (Wildman–Crippen MR) is 120 cm³/mol. The zero-order valence-electron chi connectivity index (χ0n) is 16.1. The van der Waals surface area contributed by atoms with Crippen molar-refractivity contribution in [2.24, 2.45) is 0 Å². The molecule has 146 valence electrons. The Labute approximate surface area is 176 Å². The number of carbonyl (C=O) groups excluding carboxylic acids is 1. The summed E-state index contributed by atoms with van der Waals surface area (Å²) in [6.07, 6.45) is 9.46. The van der Waals surface area contributed by atoms with Crippen molar-refractivity contribution in [2.45, 2.75) is 13.5 Å². The monoisotopic (exact) mass is 403 g/mol. The van der Waals surface area contributed by atoms with E-state index in [1.165, 1.54) is 0 Å². The van der Waals surface area contributed by atoms with E-state index in [9.17, 15) is 4.79 Å². The number of nitrogens with zero attached hydrogens (tertiary/aromatic N) is 1. The molecule has 2 N–H and O–H groups in total. The fourth-order valence-corrected chi connectivity index (χ4v) is 2.92. The van der Waals surface area contributed by atoms with E-state index >= 15 is 0 Å². The first-order valence-corrected chi connectivity index (χ1v) is 9.67. The van der Waals surface area contributed by atoms with Crippen molar-refractivity contribution < 1.29 is 4.79 Å². The predicted octanol–water partition coefficient (Wildman–Crippen LogP) is 5.83. The highest BCUT2D eigenvalue weighted by Gasteiger charge is 2.10. The lowest BCUT2D eigenvalue weighted by molar-refractivity contribution is 0.102. The molecule has 1 heterocycles. The van der Waals surface area contributed by atoms with Gasteiger partial charge in [0.25, 0.3) is 5.91 Å². The van der Waals surface area contributed by atoms with Gasteiger partial charge in [-0.15, -0.1) is 0 Å². The van der Waals surface area contributed by atoms with Gasteiger partial charge in [0.2, 0.25) is 0 Å². The first kappa shape index (κ1) is 20.4. The van der Waals surface area contributed by atoms with Crippen LogP contribution in [-0.4, -0.2) is 10.9 Å². The smallest absolute Gasteiger partial charge is 0.255 e. The molecule has 0 bridgehead atoms. The lowest BCUT2D eigenvalue weighted by Crippen LogP contribution is -2.12. The Balaban J connectivity index is 1.66. The third kappa shape index (κ3) is 5.80. The van der Waals surface area contributed by atoms with Gasteiger partial charge in [0.05, 0.1) is 10.7 Å². The van der Waals surface area contributed by atoms with Crippen molar-refractivity contribution in [3.8, 4) is 11.3 Å². The van der Waals surface area contributed by atoms with Crippen LogP contribution in [0.25, 0.3) is 11.3 Å². The van der Waals surface area contributed by atoms with Crippen LogP contribution in [0.5, 0.6) is 0 Å². The summed E-state index contributed by atoms with van der Waals surface area (Å²) in [5, 5.41) is 6.71. The zero-order chi connectivity index (χ0) is 20.5. The lowest BCUT2D eigenvalue weighted by atomic mass is 10.1.